The van der Waals surface area contributed by atoms with Crippen molar-refractivity contribution < 1.29 is 0 Å². The van der Waals surface area contributed by atoms with Crippen LogP contribution in [-0.4, -0.2) is 44.3 Å². The van der Waals surface area contributed by atoms with E-state index in [1.807, 2.05) is 70.0 Å². The molecule has 0 unspecified atom stereocenters. The Labute approximate surface area is 138 Å². The molecule has 0 aliphatic heterocycles. The van der Waals surface area contributed by atoms with Crippen LogP contribution in [0.4, 0.5) is 0 Å². The van der Waals surface area contributed by atoms with Crippen molar-refractivity contribution in [1.29, 1.82) is 0 Å². The third-order valence-corrected chi connectivity index (χ3v) is 3.57. The van der Waals surface area contributed by atoms with Crippen molar-refractivity contribution in [1.82, 2.24) is 18.8 Å². The Hall–Kier alpha value is -3.28. The van der Waals surface area contributed by atoms with Gasteiger partial charge in [0, 0.05) is 37.2 Å². The number of imidazole rings is 2. The summed E-state index contributed by atoms with van der Waals surface area (Å²) in [5, 5.41) is 0. The number of aromatic nitrogens is 4. The molecule has 118 valence electrons. The van der Waals surface area contributed by atoms with E-state index in [0.29, 0.717) is 13.1 Å². The van der Waals surface area contributed by atoms with Gasteiger partial charge in [0.05, 0.1) is 24.5 Å². The zero-order chi connectivity index (χ0) is 16.2. The number of pyridine rings is 2. The lowest BCUT2D eigenvalue weighted by Gasteiger charge is -1.87. The lowest BCUT2D eigenvalue weighted by molar-refractivity contribution is 0.983. The predicted molar refractivity (Wildman–Crippen MR) is 95.3 cm³/mol. The predicted octanol–water partition coefficient (Wildman–Crippen LogP) is 2.52. The zero-order valence-corrected chi connectivity index (χ0v) is 13.0. The Balaban J connectivity index is 1.33. The first-order valence-corrected chi connectivity index (χ1v) is 7.76. The van der Waals surface area contributed by atoms with Crippen LogP contribution < -0.4 is 0 Å². The molecule has 0 bridgehead atoms. The fraction of sp³-hybridized carbons (Fsp3) is 0.111. The SMILES string of the molecule is C(=NCCN=Cc1cn2ccccc2n1)c1cn2ccccc2n1. The van der Waals surface area contributed by atoms with Crippen molar-refractivity contribution in [3.8, 4) is 0 Å². The van der Waals surface area contributed by atoms with E-state index in [1.54, 1.807) is 12.4 Å². The average molecular weight is 316 g/mol. The first kappa shape index (κ1) is 14.3. The van der Waals surface area contributed by atoms with Gasteiger partial charge in [0.1, 0.15) is 11.3 Å². The fourth-order valence-corrected chi connectivity index (χ4v) is 2.46. The van der Waals surface area contributed by atoms with Crippen molar-refractivity contribution in [3.63, 3.8) is 0 Å². The van der Waals surface area contributed by atoms with Gasteiger partial charge in [-0.25, -0.2) is 9.97 Å². The standard InChI is InChI=1S/C18H16N6/c1-3-9-23-13-15(21-17(23)5-1)11-19-7-8-20-12-16-14-24-10-4-2-6-18(24)22-16/h1-6,9-14H,7-8H2. The Morgan fingerprint density at radius 3 is 1.71 bits per heavy atom. The van der Waals surface area contributed by atoms with Crippen LogP contribution >= 0.6 is 0 Å². The van der Waals surface area contributed by atoms with Gasteiger partial charge in [-0.3, -0.25) is 9.98 Å². The normalized spacial score (nSPS) is 12.2. The number of nitrogens with zero attached hydrogens (tertiary/aromatic N) is 6. The summed E-state index contributed by atoms with van der Waals surface area (Å²) in [6, 6.07) is 11.8. The molecule has 0 fully saturated rings. The molecule has 4 rings (SSSR count). The van der Waals surface area contributed by atoms with Crippen LogP contribution in [-0.2, 0) is 0 Å². The molecule has 24 heavy (non-hydrogen) atoms. The maximum absolute atomic E-state index is 4.46. The third kappa shape index (κ3) is 3.08. The zero-order valence-electron chi connectivity index (χ0n) is 13.0. The van der Waals surface area contributed by atoms with Crippen LogP contribution in [0.15, 0.2) is 71.2 Å². The molecule has 0 saturated carbocycles. The van der Waals surface area contributed by atoms with Crippen LogP contribution in [0.5, 0.6) is 0 Å². The molecule has 6 heteroatoms. The fourth-order valence-electron chi connectivity index (χ4n) is 2.46. The monoisotopic (exact) mass is 316 g/mol. The smallest absolute Gasteiger partial charge is 0.137 e. The second kappa shape index (κ2) is 6.45. The number of hydrogen-bond acceptors (Lipinski definition) is 4. The second-order valence-corrected chi connectivity index (χ2v) is 5.33. The number of fused-ring (bicyclic) bond motifs is 2. The highest BCUT2D eigenvalue weighted by atomic mass is 15.0. The van der Waals surface area contributed by atoms with E-state index in [1.165, 1.54) is 0 Å². The highest BCUT2D eigenvalue weighted by Crippen LogP contribution is 2.03. The second-order valence-electron chi connectivity index (χ2n) is 5.33. The summed E-state index contributed by atoms with van der Waals surface area (Å²) in [6.45, 7) is 1.25. The van der Waals surface area contributed by atoms with Crippen molar-refractivity contribution >= 4 is 23.7 Å². The van der Waals surface area contributed by atoms with E-state index in [4.69, 9.17) is 0 Å². The van der Waals surface area contributed by atoms with Gasteiger partial charge in [-0.15, -0.1) is 0 Å². The minimum absolute atomic E-state index is 0.623. The van der Waals surface area contributed by atoms with Crippen molar-refractivity contribution in [3.05, 3.63) is 72.6 Å². The van der Waals surface area contributed by atoms with Crippen molar-refractivity contribution in [2.24, 2.45) is 9.98 Å². The van der Waals surface area contributed by atoms with Gasteiger partial charge in [-0.1, -0.05) is 12.1 Å². The largest absolute Gasteiger partial charge is 0.306 e. The van der Waals surface area contributed by atoms with Crippen LogP contribution in [0.25, 0.3) is 11.3 Å². The Bertz CT molecular complexity index is 874. The molecule has 4 heterocycles. The summed E-state index contributed by atoms with van der Waals surface area (Å²) in [5.74, 6) is 0. The summed E-state index contributed by atoms with van der Waals surface area (Å²) in [7, 11) is 0. The molecule has 0 N–H and O–H groups in total. The lowest BCUT2D eigenvalue weighted by atomic mass is 10.5. The molecule has 0 aliphatic rings. The minimum Gasteiger partial charge on any atom is -0.306 e. The van der Waals surface area contributed by atoms with Gasteiger partial charge in [0.15, 0.2) is 0 Å². The quantitative estimate of drug-likeness (QED) is 0.419. The van der Waals surface area contributed by atoms with E-state index < -0.39 is 0 Å². The molecular formula is C18H16N6. The number of aliphatic imine (C=N–C) groups is 2. The van der Waals surface area contributed by atoms with Crippen LogP contribution in [0.2, 0.25) is 0 Å². The first-order valence-electron chi connectivity index (χ1n) is 7.76. The maximum Gasteiger partial charge on any atom is 0.137 e. The Morgan fingerprint density at radius 1 is 0.750 bits per heavy atom. The molecule has 6 nitrogen and oxygen atoms in total. The molecule has 4 aromatic rings. The third-order valence-electron chi connectivity index (χ3n) is 3.57. The van der Waals surface area contributed by atoms with E-state index in [-0.39, 0.29) is 0 Å². The van der Waals surface area contributed by atoms with E-state index >= 15 is 0 Å². The number of hydrogen-bond donors (Lipinski definition) is 0. The van der Waals surface area contributed by atoms with Gasteiger partial charge >= 0.3 is 0 Å². The summed E-state index contributed by atoms with van der Waals surface area (Å²) in [5.41, 5.74) is 3.55. The minimum atomic E-state index is 0.623. The molecular weight excluding hydrogens is 300 g/mol. The van der Waals surface area contributed by atoms with Gasteiger partial charge in [-0.2, -0.15) is 0 Å². The van der Waals surface area contributed by atoms with Crippen molar-refractivity contribution in [2.45, 2.75) is 0 Å². The molecule has 0 atom stereocenters. The van der Waals surface area contributed by atoms with Crippen molar-refractivity contribution in [2.75, 3.05) is 13.1 Å². The summed E-state index contributed by atoms with van der Waals surface area (Å²) < 4.78 is 3.95. The molecule has 0 saturated heterocycles. The van der Waals surface area contributed by atoms with Crippen LogP contribution in [0.3, 0.4) is 0 Å². The van der Waals surface area contributed by atoms with Gasteiger partial charge in [0.25, 0.3) is 0 Å². The summed E-state index contributed by atoms with van der Waals surface area (Å²) in [6.07, 6.45) is 11.4. The van der Waals surface area contributed by atoms with E-state index in [9.17, 15) is 0 Å². The van der Waals surface area contributed by atoms with Gasteiger partial charge in [-0.05, 0) is 24.3 Å². The first-order chi connectivity index (χ1) is 11.9. The van der Waals surface area contributed by atoms with E-state index in [2.05, 4.69) is 20.0 Å². The average Bonchev–Trinajstić information content (AvgIpc) is 3.20. The molecule has 4 aromatic heterocycles. The van der Waals surface area contributed by atoms with Gasteiger partial charge < -0.3 is 8.80 Å². The van der Waals surface area contributed by atoms with Gasteiger partial charge in [0.2, 0.25) is 0 Å². The Morgan fingerprint density at radius 2 is 1.25 bits per heavy atom. The van der Waals surface area contributed by atoms with Crippen LogP contribution in [0, 0.1) is 0 Å². The molecule has 0 radical (unpaired) electrons. The molecule has 0 aliphatic carbocycles. The Kier molecular flexibility index (Phi) is 3.85. The highest BCUT2D eigenvalue weighted by molar-refractivity contribution is 5.79. The number of rotatable bonds is 5. The topological polar surface area (TPSA) is 59.3 Å². The maximum atomic E-state index is 4.46. The summed E-state index contributed by atoms with van der Waals surface area (Å²) in [4.78, 5) is 17.7. The molecule has 0 amide bonds. The highest BCUT2D eigenvalue weighted by Gasteiger charge is 1.97. The molecule has 0 aromatic carbocycles. The van der Waals surface area contributed by atoms with E-state index in [0.717, 1.165) is 22.7 Å². The molecule has 0 spiro atoms. The lowest BCUT2D eigenvalue weighted by Crippen LogP contribution is -1.90. The van der Waals surface area contributed by atoms with Crippen LogP contribution in [0.1, 0.15) is 11.4 Å². The summed E-state index contributed by atoms with van der Waals surface area (Å²) >= 11 is 0.